The zero-order chi connectivity index (χ0) is 20.1. The van der Waals surface area contributed by atoms with Gasteiger partial charge in [0.1, 0.15) is 5.78 Å². The molecule has 1 aliphatic rings. The van der Waals surface area contributed by atoms with E-state index in [-0.39, 0.29) is 30.5 Å². The Bertz CT molecular complexity index is 573. The van der Waals surface area contributed by atoms with Crippen LogP contribution in [-0.4, -0.2) is 39.3 Å². The molecule has 1 saturated carbocycles. The Hall–Kier alpha value is -1.98. The molecule has 0 saturated heterocycles. The first-order valence-corrected chi connectivity index (χ1v) is 9.69. The molecule has 0 heterocycles. The number of aliphatic hydroxyl groups is 2. The van der Waals surface area contributed by atoms with Crippen molar-refractivity contribution in [2.24, 2.45) is 11.8 Å². The smallest absolute Gasteiger partial charge is 0.303 e. The van der Waals surface area contributed by atoms with Crippen molar-refractivity contribution in [1.29, 1.82) is 0 Å². The van der Waals surface area contributed by atoms with Crippen molar-refractivity contribution < 1.29 is 24.9 Å². The molecule has 0 aromatic heterocycles. The Morgan fingerprint density at radius 1 is 1.19 bits per heavy atom. The van der Waals surface area contributed by atoms with Crippen molar-refractivity contribution in [2.45, 2.75) is 64.1 Å². The van der Waals surface area contributed by atoms with Gasteiger partial charge in [0, 0.05) is 24.7 Å². The van der Waals surface area contributed by atoms with E-state index in [0.29, 0.717) is 19.3 Å². The molecule has 3 N–H and O–H groups in total. The van der Waals surface area contributed by atoms with E-state index in [2.05, 4.69) is 19.1 Å². The Morgan fingerprint density at radius 3 is 2.63 bits per heavy atom. The molecule has 1 rings (SSSR count). The summed E-state index contributed by atoms with van der Waals surface area (Å²) < 4.78 is 0. The number of hydrogen-bond acceptors (Lipinski definition) is 4. The molecule has 0 aromatic carbocycles. The van der Waals surface area contributed by atoms with Gasteiger partial charge in [-0.3, -0.25) is 9.59 Å². The van der Waals surface area contributed by atoms with E-state index >= 15 is 0 Å². The predicted octanol–water partition coefficient (Wildman–Crippen LogP) is 3.58. The van der Waals surface area contributed by atoms with Gasteiger partial charge >= 0.3 is 5.97 Å². The molecule has 27 heavy (non-hydrogen) atoms. The summed E-state index contributed by atoms with van der Waals surface area (Å²) in [5.74, 6) is -1.47. The van der Waals surface area contributed by atoms with Gasteiger partial charge in [0.2, 0.25) is 0 Å². The van der Waals surface area contributed by atoms with Gasteiger partial charge in [0.15, 0.2) is 0 Å². The normalized spacial score (nSPS) is 24.9. The van der Waals surface area contributed by atoms with Crippen molar-refractivity contribution in [2.75, 3.05) is 0 Å². The van der Waals surface area contributed by atoms with E-state index in [9.17, 15) is 19.8 Å². The number of aliphatic hydroxyl groups excluding tert-OH is 2. The highest BCUT2D eigenvalue weighted by Crippen LogP contribution is 2.33. The van der Waals surface area contributed by atoms with Gasteiger partial charge < -0.3 is 15.3 Å². The third-order valence-corrected chi connectivity index (χ3v) is 4.59. The Labute approximate surface area is 161 Å². The van der Waals surface area contributed by atoms with Crippen molar-refractivity contribution in [3.05, 3.63) is 48.6 Å². The molecule has 0 amide bonds. The molecule has 150 valence electrons. The molecule has 0 aliphatic heterocycles. The van der Waals surface area contributed by atoms with E-state index in [4.69, 9.17) is 5.11 Å². The summed E-state index contributed by atoms with van der Waals surface area (Å²) in [7, 11) is 0. The molecule has 5 heteroatoms. The molecule has 1 fully saturated rings. The lowest BCUT2D eigenvalue weighted by molar-refractivity contribution is -0.136. The maximum atomic E-state index is 12.1. The fourth-order valence-corrected chi connectivity index (χ4v) is 3.10. The molecular weight excluding hydrogens is 344 g/mol. The maximum absolute atomic E-state index is 12.1. The van der Waals surface area contributed by atoms with Crippen LogP contribution in [0.3, 0.4) is 0 Å². The number of hydrogen-bond donors (Lipinski definition) is 3. The van der Waals surface area contributed by atoms with Gasteiger partial charge in [0.25, 0.3) is 0 Å². The summed E-state index contributed by atoms with van der Waals surface area (Å²) in [6, 6.07) is 0. The fraction of sp³-hybridized carbons (Fsp3) is 0.545. The SMILES string of the molecule is CC/C=C\C/C=C\C[C@H](O)/C=C/[C@H]1[C@H](C/C=C\CCC(=O)O)C(=O)C[C@@H]1O. The molecule has 0 aromatic rings. The number of carbonyl (C=O) groups excluding carboxylic acids is 1. The van der Waals surface area contributed by atoms with Crippen molar-refractivity contribution >= 4 is 11.8 Å². The summed E-state index contributed by atoms with van der Waals surface area (Å²) in [6.07, 6.45) is 17.1. The highest BCUT2D eigenvalue weighted by Gasteiger charge is 2.39. The van der Waals surface area contributed by atoms with Crippen LogP contribution in [0.2, 0.25) is 0 Å². The van der Waals surface area contributed by atoms with Crippen LogP contribution in [0.1, 0.15) is 51.9 Å². The number of carboxylic acids is 1. The molecule has 4 atom stereocenters. The zero-order valence-electron chi connectivity index (χ0n) is 16.0. The lowest BCUT2D eigenvalue weighted by Gasteiger charge is -2.16. The lowest BCUT2D eigenvalue weighted by Crippen LogP contribution is -2.18. The molecule has 0 spiro atoms. The summed E-state index contributed by atoms with van der Waals surface area (Å²) in [5, 5.41) is 28.8. The Balaban J connectivity index is 2.50. The van der Waals surface area contributed by atoms with Gasteiger partial charge in [-0.15, -0.1) is 0 Å². The average molecular weight is 376 g/mol. The fourth-order valence-electron chi connectivity index (χ4n) is 3.10. The molecular formula is C22H32O5. The largest absolute Gasteiger partial charge is 0.481 e. The lowest BCUT2D eigenvalue weighted by atomic mass is 9.90. The van der Waals surface area contributed by atoms with Gasteiger partial charge in [-0.1, -0.05) is 55.5 Å². The van der Waals surface area contributed by atoms with E-state index in [1.165, 1.54) is 0 Å². The molecule has 0 unspecified atom stereocenters. The summed E-state index contributed by atoms with van der Waals surface area (Å²) in [5.41, 5.74) is 0. The predicted molar refractivity (Wildman–Crippen MR) is 106 cm³/mol. The number of carbonyl (C=O) groups is 2. The second-order valence-corrected chi connectivity index (χ2v) is 6.84. The minimum atomic E-state index is -0.850. The van der Waals surface area contributed by atoms with Crippen LogP contribution < -0.4 is 0 Å². The molecule has 5 nitrogen and oxygen atoms in total. The van der Waals surface area contributed by atoms with Crippen molar-refractivity contribution in [3.8, 4) is 0 Å². The number of rotatable bonds is 12. The van der Waals surface area contributed by atoms with Crippen LogP contribution in [0.15, 0.2) is 48.6 Å². The van der Waals surface area contributed by atoms with Crippen molar-refractivity contribution in [1.82, 2.24) is 0 Å². The minimum absolute atomic E-state index is 0.0112. The molecule has 1 aliphatic carbocycles. The third-order valence-electron chi connectivity index (χ3n) is 4.59. The monoisotopic (exact) mass is 376 g/mol. The van der Waals surface area contributed by atoms with E-state index in [0.717, 1.165) is 12.8 Å². The maximum Gasteiger partial charge on any atom is 0.303 e. The van der Waals surface area contributed by atoms with Gasteiger partial charge in [-0.25, -0.2) is 0 Å². The highest BCUT2D eigenvalue weighted by molar-refractivity contribution is 5.84. The molecule has 0 bridgehead atoms. The number of Topliss-reactive ketones (excluding diaryl/α,β-unsaturated/α-hetero) is 1. The van der Waals surface area contributed by atoms with E-state index in [1.54, 1.807) is 18.2 Å². The number of allylic oxidation sites excluding steroid dienone is 5. The first-order valence-electron chi connectivity index (χ1n) is 9.69. The van der Waals surface area contributed by atoms with Crippen LogP contribution >= 0.6 is 0 Å². The standard InChI is InChI=1S/C22H32O5/c1-2-3-4-5-6-8-11-17(23)14-15-19-18(20(24)16-21(19)25)12-9-7-10-13-22(26)27/h3-4,6-9,14-15,17-19,21,23,25H,2,5,10-13,16H2,1H3,(H,26,27)/b4-3-,8-6-,9-7-,15-14+/t17-,18-,19-,21-/m0/s1. The van der Waals surface area contributed by atoms with Crippen LogP contribution in [-0.2, 0) is 9.59 Å². The first kappa shape index (κ1) is 23.1. The second-order valence-electron chi connectivity index (χ2n) is 6.84. The minimum Gasteiger partial charge on any atom is -0.481 e. The second kappa shape index (κ2) is 13.2. The van der Waals surface area contributed by atoms with E-state index < -0.39 is 18.2 Å². The van der Waals surface area contributed by atoms with Crippen LogP contribution in [0, 0.1) is 11.8 Å². The number of carboxylic acid groups (broad SMARTS) is 1. The Kier molecular flexibility index (Phi) is 11.3. The van der Waals surface area contributed by atoms with Crippen LogP contribution in [0.4, 0.5) is 0 Å². The first-order chi connectivity index (χ1) is 13.0. The summed E-state index contributed by atoms with van der Waals surface area (Å²) in [4.78, 5) is 22.6. The van der Waals surface area contributed by atoms with E-state index in [1.807, 2.05) is 18.2 Å². The van der Waals surface area contributed by atoms with Crippen LogP contribution in [0.25, 0.3) is 0 Å². The number of ketones is 1. The Morgan fingerprint density at radius 2 is 1.93 bits per heavy atom. The average Bonchev–Trinajstić information content (AvgIpc) is 2.88. The summed E-state index contributed by atoms with van der Waals surface area (Å²) in [6.45, 7) is 2.08. The molecule has 0 radical (unpaired) electrons. The van der Waals surface area contributed by atoms with Gasteiger partial charge in [-0.05, 0) is 32.1 Å². The van der Waals surface area contributed by atoms with Crippen LogP contribution in [0.5, 0.6) is 0 Å². The van der Waals surface area contributed by atoms with Gasteiger partial charge in [-0.2, -0.15) is 0 Å². The third kappa shape index (κ3) is 9.50. The highest BCUT2D eigenvalue weighted by atomic mass is 16.4. The summed E-state index contributed by atoms with van der Waals surface area (Å²) >= 11 is 0. The topological polar surface area (TPSA) is 94.8 Å². The quantitative estimate of drug-likeness (QED) is 0.453. The van der Waals surface area contributed by atoms with Crippen molar-refractivity contribution in [3.63, 3.8) is 0 Å². The number of aliphatic carboxylic acids is 1. The van der Waals surface area contributed by atoms with Gasteiger partial charge in [0.05, 0.1) is 12.2 Å². The zero-order valence-corrected chi connectivity index (χ0v) is 16.0.